The minimum Gasteiger partial charge on any atom is -0.299 e. The van der Waals surface area contributed by atoms with Crippen LogP contribution in [-0.4, -0.2) is 5.78 Å². The highest BCUT2D eigenvalue weighted by Crippen LogP contribution is 2.49. The lowest BCUT2D eigenvalue weighted by molar-refractivity contribution is -0.121. The average Bonchev–Trinajstić information content (AvgIpc) is 2.85. The van der Waals surface area contributed by atoms with E-state index in [1.807, 2.05) is 12.1 Å². The molecule has 14 heavy (non-hydrogen) atoms. The summed E-state index contributed by atoms with van der Waals surface area (Å²) >= 11 is 3.44. The molecule has 1 aliphatic rings. The highest BCUT2D eigenvalue weighted by molar-refractivity contribution is 9.10. The number of hydrogen-bond donors (Lipinski definition) is 0. The Kier molecular flexibility index (Phi) is 2.48. The molecule has 1 aromatic rings. The highest BCUT2D eigenvalue weighted by Gasteiger charge is 2.46. The highest BCUT2D eigenvalue weighted by atomic mass is 79.9. The van der Waals surface area contributed by atoms with Gasteiger partial charge < -0.3 is 0 Å². The van der Waals surface area contributed by atoms with Crippen molar-refractivity contribution < 1.29 is 4.79 Å². The summed E-state index contributed by atoms with van der Waals surface area (Å²) in [6, 6.07) is 8.23. The molecule has 0 atom stereocenters. The average molecular weight is 253 g/mol. The molecule has 1 aromatic carbocycles. The Labute approximate surface area is 92.6 Å². The molecule has 0 unspecified atom stereocenters. The Morgan fingerprint density at radius 3 is 2.71 bits per heavy atom. The molecule has 0 saturated heterocycles. The summed E-state index contributed by atoms with van der Waals surface area (Å²) in [5.74, 6) is 0.345. The van der Waals surface area contributed by atoms with E-state index in [0.29, 0.717) is 5.78 Å². The van der Waals surface area contributed by atoms with Gasteiger partial charge in [-0.3, -0.25) is 4.79 Å². The molecule has 0 radical (unpaired) electrons. The van der Waals surface area contributed by atoms with Gasteiger partial charge in [0.05, 0.1) is 0 Å². The topological polar surface area (TPSA) is 17.1 Å². The van der Waals surface area contributed by atoms with Gasteiger partial charge in [0.15, 0.2) is 0 Å². The van der Waals surface area contributed by atoms with Crippen LogP contribution in [0.4, 0.5) is 0 Å². The molecule has 0 N–H and O–H groups in total. The van der Waals surface area contributed by atoms with Crippen LogP contribution < -0.4 is 0 Å². The third kappa shape index (κ3) is 1.90. The molecule has 0 aliphatic heterocycles. The predicted octanol–water partition coefficient (Wildman–Crippen LogP) is 3.36. The third-order valence-electron chi connectivity index (χ3n) is 3.03. The second kappa shape index (κ2) is 3.50. The molecule has 1 fully saturated rings. The zero-order valence-electron chi connectivity index (χ0n) is 8.22. The summed E-state index contributed by atoms with van der Waals surface area (Å²) in [7, 11) is 0. The van der Waals surface area contributed by atoms with Crippen molar-refractivity contribution in [1.82, 2.24) is 0 Å². The molecule has 1 saturated carbocycles. The first-order chi connectivity index (χ1) is 6.62. The van der Waals surface area contributed by atoms with Gasteiger partial charge >= 0.3 is 0 Å². The summed E-state index contributed by atoms with van der Waals surface area (Å²) in [6.07, 6.45) is 3.03. The first-order valence-corrected chi connectivity index (χ1v) is 5.67. The molecule has 2 rings (SSSR count). The van der Waals surface area contributed by atoms with E-state index >= 15 is 0 Å². The Morgan fingerprint density at radius 1 is 1.50 bits per heavy atom. The number of Topliss-reactive ketones (excluding diaryl/α,β-unsaturated/α-hetero) is 1. The van der Waals surface area contributed by atoms with Crippen LogP contribution in [0, 0.1) is 5.41 Å². The van der Waals surface area contributed by atoms with Crippen molar-refractivity contribution in [2.45, 2.75) is 26.2 Å². The van der Waals surface area contributed by atoms with Crippen LogP contribution in [0.25, 0.3) is 0 Å². The summed E-state index contributed by atoms with van der Waals surface area (Å²) in [4.78, 5) is 11.4. The first kappa shape index (κ1) is 9.91. The molecule has 0 aromatic heterocycles. The number of halogens is 1. The van der Waals surface area contributed by atoms with E-state index in [0.717, 1.165) is 23.7 Å². The molecule has 74 valence electrons. The van der Waals surface area contributed by atoms with E-state index in [1.165, 1.54) is 5.56 Å². The van der Waals surface area contributed by atoms with Gasteiger partial charge in [0, 0.05) is 9.89 Å². The largest absolute Gasteiger partial charge is 0.299 e. The van der Waals surface area contributed by atoms with Crippen molar-refractivity contribution in [3.63, 3.8) is 0 Å². The zero-order valence-corrected chi connectivity index (χ0v) is 9.80. The van der Waals surface area contributed by atoms with Gasteiger partial charge in [-0.15, -0.1) is 0 Å². The lowest BCUT2D eigenvalue weighted by atomic mass is 9.93. The van der Waals surface area contributed by atoms with Crippen LogP contribution in [0.2, 0.25) is 0 Å². The van der Waals surface area contributed by atoms with Crippen molar-refractivity contribution >= 4 is 21.7 Å². The van der Waals surface area contributed by atoms with E-state index in [2.05, 4.69) is 28.1 Å². The quantitative estimate of drug-likeness (QED) is 0.807. The van der Waals surface area contributed by atoms with E-state index in [4.69, 9.17) is 0 Å². The van der Waals surface area contributed by atoms with Crippen molar-refractivity contribution in [3.8, 4) is 0 Å². The van der Waals surface area contributed by atoms with Crippen molar-refractivity contribution in [2.75, 3.05) is 0 Å². The minimum atomic E-state index is -0.0131. The number of carbonyl (C=O) groups excluding carboxylic acids is 1. The van der Waals surface area contributed by atoms with Gasteiger partial charge in [0.2, 0.25) is 0 Å². The normalized spacial score (nSPS) is 17.9. The van der Waals surface area contributed by atoms with E-state index in [-0.39, 0.29) is 5.41 Å². The van der Waals surface area contributed by atoms with Crippen LogP contribution in [0.3, 0.4) is 0 Å². The summed E-state index contributed by atoms with van der Waals surface area (Å²) in [5, 5.41) is 0. The van der Waals surface area contributed by atoms with Crippen LogP contribution >= 0.6 is 15.9 Å². The molecule has 1 aliphatic carbocycles. The molecule has 0 heterocycles. The van der Waals surface area contributed by atoms with Gasteiger partial charge in [-0.05, 0) is 43.9 Å². The molecule has 1 nitrogen and oxygen atoms in total. The fraction of sp³-hybridized carbons (Fsp3) is 0.417. The monoisotopic (exact) mass is 252 g/mol. The minimum absolute atomic E-state index is 0.0131. The zero-order chi connectivity index (χ0) is 10.2. The van der Waals surface area contributed by atoms with Crippen LogP contribution in [0.5, 0.6) is 0 Å². The second-order valence-corrected chi connectivity index (χ2v) is 5.06. The maximum absolute atomic E-state index is 11.4. The second-order valence-electron chi connectivity index (χ2n) is 4.14. The van der Waals surface area contributed by atoms with Gasteiger partial charge in [-0.25, -0.2) is 0 Å². The maximum Gasteiger partial charge on any atom is 0.136 e. The van der Waals surface area contributed by atoms with E-state index < -0.39 is 0 Å². The molecule has 0 bridgehead atoms. The number of hydrogen-bond acceptors (Lipinski definition) is 1. The fourth-order valence-electron chi connectivity index (χ4n) is 1.84. The number of carbonyl (C=O) groups is 1. The van der Waals surface area contributed by atoms with Gasteiger partial charge in [-0.1, -0.05) is 28.1 Å². The molecule has 0 amide bonds. The first-order valence-electron chi connectivity index (χ1n) is 4.88. The van der Waals surface area contributed by atoms with Crippen LogP contribution in [-0.2, 0) is 11.2 Å². The van der Waals surface area contributed by atoms with E-state index in [1.54, 1.807) is 6.92 Å². The molecular weight excluding hydrogens is 240 g/mol. The summed E-state index contributed by atoms with van der Waals surface area (Å²) in [5.41, 5.74) is 1.24. The lowest BCUT2D eigenvalue weighted by Crippen LogP contribution is -2.14. The van der Waals surface area contributed by atoms with Gasteiger partial charge in [-0.2, -0.15) is 0 Å². The molecule has 2 heteroatoms. The smallest absolute Gasteiger partial charge is 0.136 e. The van der Waals surface area contributed by atoms with Crippen molar-refractivity contribution in [2.24, 2.45) is 5.41 Å². The Bertz CT molecular complexity index is 366. The lowest BCUT2D eigenvalue weighted by Gasteiger charge is -2.10. The number of ketones is 1. The maximum atomic E-state index is 11.4. The van der Waals surface area contributed by atoms with Crippen LogP contribution in [0.15, 0.2) is 28.7 Å². The SMILES string of the molecule is CC(=O)C1(Cc2cccc(Br)c2)CC1. The summed E-state index contributed by atoms with van der Waals surface area (Å²) in [6.45, 7) is 1.71. The summed E-state index contributed by atoms with van der Waals surface area (Å²) < 4.78 is 1.09. The number of rotatable bonds is 3. The van der Waals surface area contributed by atoms with E-state index in [9.17, 15) is 4.79 Å². The molecular formula is C12H13BrO. The van der Waals surface area contributed by atoms with Gasteiger partial charge in [0.1, 0.15) is 5.78 Å². The van der Waals surface area contributed by atoms with Crippen molar-refractivity contribution in [1.29, 1.82) is 0 Å². The van der Waals surface area contributed by atoms with Gasteiger partial charge in [0.25, 0.3) is 0 Å². The Balaban J connectivity index is 2.15. The fourth-order valence-corrected chi connectivity index (χ4v) is 2.29. The standard InChI is InChI=1S/C12H13BrO/c1-9(14)12(5-6-12)8-10-3-2-4-11(13)7-10/h2-4,7H,5-6,8H2,1H3. The Morgan fingerprint density at radius 2 is 2.21 bits per heavy atom. The third-order valence-corrected chi connectivity index (χ3v) is 3.53. The predicted molar refractivity (Wildman–Crippen MR) is 60.2 cm³/mol. The number of benzene rings is 1. The Hall–Kier alpha value is -0.630. The van der Waals surface area contributed by atoms with Crippen LogP contribution in [0.1, 0.15) is 25.3 Å². The van der Waals surface area contributed by atoms with Crippen molar-refractivity contribution in [3.05, 3.63) is 34.3 Å². The molecule has 0 spiro atoms.